The maximum atomic E-state index is 12.6. The van der Waals surface area contributed by atoms with E-state index in [0.717, 1.165) is 16.5 Å². The Labute approximate surface area is 175 Å². The van der Waals surface area contributed by atoms with Crippen molar-refractivity contribution in [2.45, 2.75) is 20.3 Å². The molecule has 0 aliphatic carbocycles. The van der Waals surface area contributed by atoms with E-state index in [-0.39, 0.29) is 18.1 Å². The lowest BCUT2D eigenvalue weighted by Gasteiger charge is -2.21. The van der Waals surface area contributed by atoms with Crippen molar-refractivity contribution in [3.8, 4) is 0 Å². The summed E-state index contributed by atoms with van der Waals surface area (Å²) in [5, 5.41) is 3.70. The van der Waals surface area contributed by atoms with Gasteiger partial charge in [-0.05, 0) is 37.1 Å². The second-order valence-electron chi connectivity index (χ2n) is 7.02. The van der Waals surface area contributed by atoms with Gasteiger partial charge in [-0.25, -0.2) is 4.79 Å². The van der Waals surface area contributed by atoms with Gasteiger partial charge in [0, 0.05) is 23.1 Å². The van der Waals surface area contributed by atoms with E-state index < -0.39 is 18.5 Å². The number of aryl methyl sites for hydroxylation is 1. The molecule has 156 valence electrons. The average molecular weight is 407 g/mol. The van der Waals surface area contributed by atoms with Gasteiger partial charge in [0.1, 0.15) is 5.69 Å². The fraction of sp³-hybridized carbons (Fsp3) is 0.261. The minimum atomic E-state index is -0.611. The molecular formula is C23H25N3O4. The van der Waals surface area contributed by atoms with Crippen molar-refractivity contribution >= 4 is 34.4 Å². The number of carbonyl (C=O) groups excluding carboxylic acids is 3. The minimum Gasteiger partial charge on any atom is -0.451 e. The second kappa shape index (κ2) is 9.73. The number of hydrogen-bond acceptors (Lipinski definition) is 4. The normalized spacial score (nSPS) is 10.6. The van der Waals surface area contributed by atoms with Gasteiger partial charge in [0.25, 0.3) is 5.91 Å². The Morgan fingerprint density at radius 2 is 1.80 bits per heavy atom. The highest BCUT2D eigenvalue weighted by Gasteiger charge is 2.20. The van der Waals surface area contributed by atoms with E-state index in [1.807, 2.05) is 56.3 Å². The molecule has 0 unspecified atom stereocenters. The molecule has 3 rings (SSSR count). The van der Waals surface area contributed by atoms with Crippen LogP contribution in [0, 0.1) is 6.92 Å². The van der Waals surface area contributed by atoms with Crippen LogP contribution in [0.1, 0.15) is 29.4 Å². The van der Waals surface area contributed by atoms with Crippen LogP contribution in [0.15, 0.2) is 54.6 Å². The summed E-state index contributed by atoms with van der Waals surface area (Å²) < 4.78 is 5.17. The van der Waals surface area contributed by atoms with Gasteiger partial charge in [-0.3, -0.25) is 9.59 Å². The summed E-state index contributed by atoms with van der Waals surface area (Å²) in [6.07, 6.45) is 0.680. The second-order valence-corrected chi connectivity index (χ2v) is 7.02. The molecule has 0 atom stereocenters. The van der Waals surface area contributed by atoms with Crippen LogP contribution in [-0.4, -0.2) is 47.4 Å². The summed E-state index contributed by atoms with van der Waals surface area (Å²) in [4.78, 5) is 41.6. The molecule has 0 bridgehead atoms. The molecule has 7 nitrogen and oxygen atoms in total. The molecule has 0 saturated heterocycles. The van der Waals surface area contributed by atoms with E-state index in [4.69, 9.17) is 4.74 Å². The van der Waals surface area contributed by atoms with Gasteiger partial charge >= 0.3 is 5.97 Å². The molecule has 7 heteroatoms. The Morgan fingerprint density at radius 1 is 1.07 bits per heavy atom. The molecule has 3 aromatic rings. The van der Waals surface area contributed by atoms with Gasteiger partial charge in [0.2, 0.25) is 5.91 Å². The molecule has 0 spiro atoms. The number of para-hydroxylation sites is 2. The molecule has 2 N–H and O–H groups in total. The summed E-state index contributed by atoms with van der Waals surface area (Å²) >= 11 is 0. The van der Waals surface area contributed by atoms with Gasteiger partial charge in [-0.15, -0.1) is 0 Å². The van der Waals surface area contributed by atoms with E-state index in [1.165, 1.54) is 4.90 Å². The predicted molar refractivity (Wildman–Crippen MR) is 115 cm³/mol. The zero-order valence-electron chi connectivity index (χ0n) is 17.1. The van der Waals surface area contributed by atoms with Crippen LogP contribution in [0.25, 0.3) is 10.9 Å². The Morgan fingerprint density at radius 3 is 2.53 bits per heavy atom. The zero-order valence-corrected chi connectivity index (χ0v) is 17.1. The van der Waals surface area contributed by atoms with Crippen LogP contribution >= 0.6 is 0 Å². The van der Waals surface area contributed by atoms with Crippen molar-refractivity contribution in [2.24, 2.45) is 0 Å². The lowest BCUT2D eigenvalue weighted by atomic mass is 10.2. The summed E-state index contributed by atoms with van der Waals surface area (Å²) in [6.45, 7) is 3.67. The van der Waals surface area contributed by atoms with Gasteiger partial charge < -0.3 is 19.9 Å². The summed E-state index contributed by atoms with van der Waals surface area (Å²) in [7, 11) is 0. The average Bonchev–Trinajstić information content (AvgIpc) is 3.17. The van der Waals surface area contributed by atoms with Crippen LogP contribution in [0.4, 0.5) is 5.69 Å². The highest BCUT2D eigenvalue weighted by Crippen LogP contribution is 2.15. The van der Waals surface area contributed by atoms with E-state index in [2.05, 4.69) is 10.3 Å². The first-order valence-corrected chi connectivity index (χ1v) is 9.86. The Balaban J connectivity index is 1.57. The number of ether oxygens (including phenoxy) is 1. The van der Waals surface area contributed by atoms with Crippen LogP contribution in [0.2, 0.25) is 0 Å². The van der Waals surface area contributed by atoms with Crippen molar-refractivity contribution in [3.63, 3.8) is 0 Å². The van der Waals surface area contributed by atoms with Crippen LogP contribution in [-0.2, 0) is 14.3 Å². The van der Waals surface area contributed by atoms with Crippen molar-refractivity contribution in [1.82, 2.24) is 9.88 Å². The Hall–Kier alpha value is -3.61. The van der Waals surface area contributed by atoms with Crippen LogP contribution in [0.5, 0.6) is 0 Å². The van der Waals surface area contributed by atoms with Crippen molar-refractivity contribution in [1.29, 1.82) is 0 Å². The maximum Gasteiger partial charge on any atom is 0.355 e. The smallest absolute Gasteiger partial charge is 0.355 e. The largest absolute Gasteiger partial charge is 0.451 e. The number of anilines is 1. The minimum absolute atomic E-state index is 0.106. The SMILES string of the molecule is CCCN(CC(=O)Nc1ccccc1C)C(=O)COC(=O)c1cc2ccccc2[nH]1. The first-order valence-electron chi connectivity index (χ1n) is 9.86. The molecule has 30 heavy (non-hydrogen) atoms. The molecule has 0 radical (unpaired) electrons. The fourth-order valence-electron chi connectivity index (χ4n) is 3.12. The number of fused-ring (bicyclic) bond motifs is 1. The standard InChI is InChI=1S/C23H25N3O4/c1-3-12-26(14-21(27)25-18-10-6-4-8-16(18)2)22(28)15-30-23(29)20-13-17-9-5-7-11-19(17)24-20/h4-11,13,24H,3,12,14-15H2,1-2H3,(H,25,27). The van der Waals surface area contributed by atoms with E-state index in [0.29, 0.717) is 18.7 Å². The first kappa shape index (κ1) is 21.1. The zero-order chi connectivity index (χ0) is 21.5. The summed E-state index contributed by atoms with van der Waals surface area (Å²) in [5.41, 5.74) is 2.74. The fourth-order valence-corrected chi connectivity index (χ4v) is 3.12. The number of aromatic amines is 1. The predicted octanol–water partition coefficient (Wildman–Crippen LogP) is 3.51. The number of nitrogens with zero attached hydrogens (tertiary/aromatic N) is 1. The number of rotatable bonds is 8. The topological polar surface area (TPSA) is 91.5 Å². The number of nitrogens with one attached hydrogen (secondary N) is 2. The van der Waals surface area contributed by atoms with Gasteiger partial charge in [0.15, 0.2) is 6.61 Å². The quantitative estimate of drug-likeness (QED) is 0.559. The number of carbonyl (C=O) groups is 3. The molecule has 0 fully saturated rings. The number of hydrogen-bond donors (Lipinski definition) is 2. The number of H-pyrrole nitrogens is 1. The number of esters is 1. The molecule has 0 aliphatic rings. The van der Waals surface area contributed by atoms with E-state index in [9.17, 15) is 14.4 Å². The molecule has 1 aromatic heterocycles. The van der Waals surface area contributed by atoms with E-state index >= 15 is 0 Å². The molecule has 2 amide bonds. The van der Waals surface area contributed by atoms with Crippen LogP contribution in [0.3, 0.4) is 0 Å². The van der Waals surface area contributed by atoms with Crippen molar-refractivity contribution < 1.29 is 19.1 Å². The highest BCUT2D eigenvalue weighted by molar-refractivity contribution is 5.97. The molecule has 2 aromatic carbocycles. The number of amides is 2. The summed E-state index contributed by atoms with van der Waals surface area (Å²) in [6, 6.07) is 16.6. The molecule has 1 heterocycles. The van der Waals surface area contributed by atoms with Gasteiger partial charge in [0.05, 0.1) is 6.54 Å². The molecular weight excluding hydrogens is 382 g/mol. The van der Waals surface area contributed by atoms with Gasteiger partial charge in [-0.1, -0.05) is 43.3 Å². The highest BCUT2D eigenvalue weighted by atomic mass is 16.5. The third-order valence-electron chi connectivity index (χ3n) is 4.68. The number of benzene rings is 2. The van der Waals surface area contributed by atoms with Crippen molar-refractivity contribution in [3.05, 3.63) is 65.9 Å². The first-order chi connectivity index (χ1) is 14.5. The van der Waals surface area contributed by atoms with Crippen molar-refractivity contribution in [2.75, 3.05) is 25.0 Å². The van der Waals surface area contributed by atoms with Gasteiger partial charge in [-0.2, -0.15) is 0 Å². The third kappa shape index (κ3) is 5.26. The summed E-state index contributed by atoms with van der Waals surface area (Å²) in [5.74, 6) is -1.32. The maximum absolute atomic E-state index is 12.6. The lowest BCUT2D eigenvalue weighted by molar-refractivity contribution is -0.137. The monoisotopic (exact) mass is 407 g/mol. The molecule has 0 saturated carbocycles. The Bertz CT molecular complexity index is 1020. The van der Waals surface area contributed by atoms with Crippen LogP contribution < -0.4 is 5.32 Å². The number of aromatic nitrogens is 1. The van der Waals surface area contributed by atoms with E-state index in [1.54, 1.807) is 12.1 Å². The third-order valence-corrected chi connectivity index (χ3v) is 4.68. The lowest BCUT2D eigenvalue weighted by Crippen LogP contribution is -2.40. The molecule has 0 aliphatic heterocycles. The Kier molecular flexibility index (Phi) is 6.85.